The number of phenols is 2. The molecule has 2 aromatic carbocycles. The minimum absolute atomic E-state index is 0.164. The molecule has 10 atom stereocenters. The van der Waals surface area contributed by atoms with E-state index in [2.05, 4.69) is 0 Å². The van der Waals surface area contributed by atoms with Gasteiger partial charge in [0.05, 0.1) is 0 Å². The second-order valence-electron chi connectivity index (χ2n) is 10.5. The van der Waals surface area contributed by atoms with Gasteiger partial charge in [0.1, 0.15) is 96.9 Å². The van der Waals surface area contributed by atoms with Gasteiger partial charge >= 0.3 is 11.9 Å². The van der Waals surface area contributed by atoms with Crippen LogP contribution >= 0.6 is 0 Å². The van der Waals surface area contributed by atoms with E-state index in [0.717, 1.165) is 0 Å². The molecule has 2 saturated heterocycles. The highest BCUT2D eigenvalue weighted by Gasteiger charge is 2.54. The maximum absolute atomic E-state index is 12.5. The van der Waals surface area contributed by atoms with E-state index < -0.39 is 86.2 Å². The predicted molar refractivity (Wildman–Crippen MR) is 140 cm³/mol. The fourth-order valence-corrected chi connectivity index (χ4v) is 4.88. The van der Waals surface area contributed by atoms with Crippen LogP contribution in [0, 0.1) is 13.8 Å². The van der Waals surface area contributed by atoms with Crippen molar-refractivity contribution in [2.24, 2.45) is 0 Å². The SMILES string of the molecule is Cc1ccc(C(=O)OCC2O[C@H](C3O[C@H](COC(=O)c4ccc(C)cc4O)[C@@H](O)[C@H](O)[C@H]3O)[C@H](O)[C@@H](O)[C@@H]2O)c(O)c1. The van der Waals surface area contributed by atoms with Gasteiger partial charge in [0.15, 0.2) is 0 Å². The van der Waals surface area contributed by atoms with Crippen LogP contribution < -0.4 is 0 Å². The number of ether oxygens (including phenoxy) is 4. The normalized spacial score (nSPS) is 33.1. The molecule has 2 aliphatic rings. The smallest absolute Gasteiger partial charge is 0.342 e. The molecule has 0 saturated carbocycles. The lowest BCUT2D eigenvalue weighted by Crippen LogP contribution is -2.68. The number of hydrogen-bond donors (Lipinski definition) is 8. The van der Waals surface area contributed by atoms with Crippen LogP contribution in [0.3, 0.4) is 0 Å². The Morgan fingerprint density at radius 2 is 0.976 bits per heavy atom. The quantitative estimate of drug-likeness (QED) is 0.169. The number of aliphatic hydroxyl groups excluding tert-OH is 6. The molecule has 0 amide bonds. The molecule has 42 heavy (non-hydrogen) atoms. The van der Waals surface area contributed by atoms with Gasteiger partial charge in [-0.2, -0.15) is 0 Å². The maximum Gasteiger partial charge on any atom is 0.342 e. The van der Waals surface area contributed by atoms with E-state index in [1.54, 1.807) is 26.0 Å². The lowest BCUT2D eigenvalue weighted by atomic mass is 9.86. The number of esters is 2. The Balaban J connectivity index is 1.45. The van der Waals surface area contributed by atoms with Crippen LogP contribution in [0.25, 0.3) is 0 Å². The van der Waals surface area contributed by atoms with Crippen LogP contribution in [-0.2, 0) is 18.9 Å². The van der Waals surface area contributed by atoms with E-state index in [1.165, 1.54) is 24.3 Å². The molecule has 8 N–H and O–H groups in total. The molecule has 4 rings (SSSR count). The maximum atomic E-state index is 12.5. The molecule has 2 aromatic rings. The Morgan fingerprint density at radius 1 is 0.619 bits per heavy atom. The highest BCUT2D eigenvalue weighted by atomic mass is 16.6. The second-order valence-corrected chi connectivity index (χ2v) is 10.5. The van der Waals surface area contributed by atoms with E-state index in [4.69, 9.17) is 18.9 Å². The van der Waals surface area contributed by atoms with Crippen molar-refractivity contribution in [1.82, 2.24) is 0 Å². The van der Waals surface area contributed by atoms with Crippen LogP contribution in [-0.4, -0.2) is 127 Å². The lowest BCUT2D eigenvalue weighted by Gasteiger charge is -2.48. The zero-order valence-corrected chi connectivity index (χ0v) is 22.7. The highest BCUT2D eigenvalue weighted by molar-refractivity contribution is 5.93. The van der Waals surface area contributed by atoms with Crippen LogP contribution in [0.2, 0.25) is 0 Å². The molecule has 2 fully saturated rings. The van der Waals surface area contributed by atoms with Crippen molar-refractivity contribution in [2.75, 3.05) is 13.2 Å². The first-order valence-electron chi connectivity index (χ1n) is 13.1. The molecule has 2 heterocycles. The molecule has 2 aliphatic heterocycles. The molecular weight excluding hydrogens is 560 g/mol. The van der Waals surface area contributed by atoms with E-state index in [1.807, 2.05) is 0 Å². The van der Waals surface area contributed by atoms with E-state index in [0.29, 0.717) is 11.1 Å². The summed E-state index contributed by atoms with van der Waals surface area (Å²) in [5.41, 5.74) is 1.05. The van der Waals surface area contributed by atoms with Gasteiger partial charge in [0.2, 0.25) is 0 Å². The second kappa shape index (κ2) is 12.9. The third-order valence-electron chi connectivity index (χ3n) is 7.33. The molecule has 14 nitrogen and oxygen atoms in total. The minimum Gasteiger partial charge on any atom is -0.507 e. The number of carbonyl (C=O) groups excluding carboxylic acids is 2. The Kier molecular flexibility index (Phi) is 9.70. The number of benzene rings is 2. The van der Waals surface area contributed by atoms with Crippen molar-refractivity contribution in [2.45, 2.75) is 74.9 Å². The van der Waals surface area contributed by atoms with Crippen molar-refractivity contribution in [1.29, 1.82) is 0 Å². The van der Waals surface area contributed by atoms with E-state index in [9.17, 15) is 50.4 Å². The predicted octanol–water partition coefficient (Wildman–Crippen LogP) is -1.57. The minimum atomic E-state index is -1.87. The molecule has 14 heteroatoms. The number of phenolic OH excluding ortho intramolecular Hbond substituents is 2. The molecule has 2 unspecified atom stereocenters. The number of aromatic hydroxyl groups is 2. The van der Waals surface area contributed by atoms with Crippen molar-refractivity contribution in [3.63, 3.8) is 0 Å². The van der Waals surface area contributed by atoms with Gasteiger partial charge in [-0.25, -0.2) is 9.59 Å². The van der Waals surface area contributed by atoms with Gasteiger partial charge in [-0.1, -0.05) is 12.1 Å². The third kappa shape index (κ3) is 6.50. The topological polar surface area (TPSA) is 233 Å². The first-order valence-corrected chi connectivity index (χ1v) is 13.1. The summed E-state index contributed by atoms with van der Waals surface area (Å²) in [6.45, 7) is 2.11. The average molecular weight is 595 g/mol. The zero-order chi connectivity index (χ0) is 30.9. The average Bonchev–Trinajstić information content (AvgIpc) is 2.94. The summed E-state index contributed by atoms with van der Waals surface area (Å²) in [4.78, 5) is 25.0. The zero-order valence-electron chi connectivity index (χ0n) is 22.7. The molecular formula is C28H34O14. The first kappa shape index (κ1) is 31.6. The van der Waals surface area contributed by atoms with Crippen molar-refractivity contribution < 1.29 is 69.4 Å². The Morgan fingerprint density at radius 3 is 1.31 bits per heavy atom. The van der Waals surface area contributed by atoms with Crippen molar-refractivity contribution in [3.8, 4) is 11.5 Å². The summed E-state index contributed by atoms with van der Waals surface area (Å²) in [6, 6.07) is 8.49. The molecule has 230 valence electrons. The largest absolute Gasteiger partial charge is 0.507 e. The van der Waals surface area contributed by atoms with Gasteiger partial charge in [-0.15, -0.1) is 0 Å². The number of aliphatic hydroxyl groups is 6. The summed E-state index contributed by atoms with van der Waals surface area (Å²) in [5.74, 6) is -2.60. The van der Waals surface area contributed by atoms with Crippen molar-refractivity contribution in [3.05, 3.63) is 58.7 Å². The van der Waals surface area contributed by atoms with Gasteiger partial charge in [-0.05, 0) is 49.2 Å². The summed E-state index contributed by atoms with van der Waals surface area (Å²) >= 11 is 0. The number of aryl methyl sites for hydroxylation is 2. The number of rotatable bonds is 7. The van der Waals surface area contributed by atoms with Crippen LogP contribution in [0.15, 0.2) is 36.4 Å². The molecule has 0 spiro atoms. The Bertz CT molecular complexity index is 1190. The highest BCUT2D eigenvalue weighted by Crippen LogP contribution is 2.32. The van der Waals surface area contributed by atoms with E-state index in [-0.39, 0.29) is 22.6 Å². The fourth-order valence-electron chi connectivity index (χ4n) is 4.88. The van der Waals surface area contributed by atoms with Crippen LogP contribution in [0.1, 0.15) is 31.8 Å². The molecule has 0 aliphatic carbocycles. The summed E-state index contributed by atoms with van der Waals surface area (Å²) in [5, 5.41) is 83.2. The van der Waals surface area contributed by atoms with Gasteiger partial charge < -0.3 is 59.8 Å². The first-order chi connectivity index (χ1) is 19.8. The standard InChI is InChI=1S/C28H34O14/c1-11-3-5-13(15(29)7-11)27(37)39-9-17-19(31)21(33)23(35)25(41-17)26-24(36)22(34)20(32)18(42-26)10-40-28(38)14-6-4-12(2)8-16(14)30/h3-8,17-26,29-36H,9-10H2,1-2H3/t17-,18?,19-,20-,21+,22+,23-,24-,25?,26+/m1/s1. The van der Waals surface area contributed by atoms with Crippen molar-refractivity contribution >= 4 is 11.9 Å². The Hall–Kier alpha value is -3.34. The third-order valence-corrected chi connectivity index (χ3v) is 7.33. The Labute approximate surface area is 239 Å². The summed E-state index contributed by atoms with van der Waals surface area (Å²) in [6.07, 6.45) is -17.2. The number of hydrogen-bond acceptors (Lipinski definition) is 14. The van der Waals surface area contributed by atoms with E-state index >= 15 is 0 Å². The lowest BCUT2D eigenvalue weighted by molar-refractivity contribution is -0.302. The molecule has 0 bridgehead atoms. The monoisotopic (exact) mass is 594 g/mol. The molecule has 0 aromatic heterocycles. The fraction of sp³-hybridized carbons (Fsp3) is 0.500. The molecule has 0 radical (unpaired) electrons. The van der Waals surface area contributed by atoms with Gasteiger partial charge in [0.25, 0.3) is 0 Å². The summed E-state index contributed by atoms with van der Waals surface area (Å²) in [7, 11) is 0. The van der Waals surface area contributed by atoms with Crippen LogP contribution in [0.5, 0.6) is 11.5 Å². The number of carbonyl (C=O) groups is 2. The van der Waals surface area contributed by atoms with Crippen LogP contribution in [0.4, 0.5) is 0 Å². The van der Waals surface area contributed by atoms with Gasteiger partial charge in [-0.3, -0.25) is 0 Å². The summed E-state index contributed by atoms with van der Waals surface area (Å²) < 4.78 is 21.6. The van der Waals surface area contributed by atoms with Gasteiger partial charge in [0, 0.05) is 0 Å².